The Kier molecular flexibility index (Phi) is 5.39. The van der Waals surface area contributed by atoms with Crippen LogP contribution in [0.5, 0.6) is 11.6 Å². The first-order valence-corrected chi connectivity index (χ1v) is 10.7. The molecule has 0 radical (unpaired) electrons. The molecular formula is C20H16ClN5O3S. The molecule has 8 nitrogen and oxygen atoms in total. The summed E-state index contributed by atoms with van der Waals surface area (Å²) < 4.78 is 34.9. The molecule has 0 aliphatic carbocycles. The minimum atomic E-state index is -3.74. The lowest BCUT2D eigenvalue weighted by molar-refractivity contribution is 0.454. The standard InChI is InChI=1S/C20H16ClN5O3S/c1-14-22-11-12-26(14)19-9-10-20(24-23-19)29-17-7-5-16(6-8-17)25-30(27,28)18-4-2-3-15(21)13-18/h2-13,25H,1H3. The molecule has 10 heteroatoms. The van der Waals surface area contributed by atoms with Gasteiger partial charge in [0.1, 0.15) is 11.6 Å². The third-order valence-corrected chi connectivity index (χ3v) is 5.75. The number of halogens is 1. The molecule has 0 fully saturated rings. The van der Waals surface area contributed by atoms with Crippen LogP contribution in [0, 0.1) is 6.92 Å². The fourth-order valence-corrected chi connectivity index (χ4v) is 4.04. The van der Waals surface area contributed by atoms with E-state index in [4.69, 9.17) is 16.3 Å². The van der Waals surface area contributed by atoms with Gasteiger partial charge in [0.2, 0.25) is 5.88 Å². The van der Waals surface area contributed by atoms with E-state index in [1.807, 2.05) is 6.92 Å². The molecule has 0 saturated heterocycles. The Morgan fingerprint density at radius 2 is 1.83 bits per heavy atom. The fraction of sp³-hybridized carbons (Fsp3) is 0.0500. The third kappa shape index (κ3) is 4.42. The number of rotatable bonds is 6. The maximum absolute atomic E-state index is 12.5. The predicted octanol–water partition coefficient (Wildman–Crippen LogP) is 4.22. The van der Waals surface area contributed by atoms with E-state index >= 15 is 0 Å². The number of anilines is 1. The van der Waals surface area contributed by atoms with E-state index in [0.717, 1.165) is 5.82 Å². The lowest BCUT2D eigenvalue weighted by Gasteiger charge is -2.10. The van der Waals surface area contributed by atoms with Crippen molar-refractivity contribution in [2.75, 3.05) is 4.72 Å². The van der Waals surface area contributed by atoms with Gasteiger partial charge in [-0.1, -0.05) is 17.7 Å². The molecule has 4 rings (SSSR count). The largest absolute Gasteiger partial charge is 0.438 e. The summed E-state index contributed by atoms with van der Waals surface area (Å²) in [5, 5.41) is 8.53. The van der Waals surface area contributed by atoms with Crippen molar-refractivity contribution in [3.05, 3.63) is 83.9 Å². The van der Waals surface area contributed by atoms with Crippen LogP contribution in [0.25, 0.3) is 5.82 Å². The number of sulfonamides is 1. The second-order valence-electron chi connectivity index (χ2n) is 6.26. The van der Waals surface area contributed by atoms with Gasteiger partial charge in [-0.3, -0.25) is 9.29 Å². The number of hydrogen-bond donors (Lipinski definition) is 1. The molecule has 2 aromatic heterocycles. The lowest BCUT2D eigenvalue weighted by atomic mass is 10.3. The van der Waals surface area contributed by atoms with Crippen LogP contribution in [0.2, 0.25) is 5.02 Å². The first kappa shape index (κ1) is 19.9. The molecule has 2 heterocycles. The van der Waals surface area contributed by atoms with Crippen LogP contribution >= 0.6 is 11.6 Å². The lowest BCUT2D eigenvalue weighted by Crippen LogP contribution is -2.12. The zero-order chi connectivity index (χ0) is 21.1. The maximum atomic E-state index is 12.5. The molecule has 2 aromatic carbocycles. The van der Waals surface area contributed by atoms with Gasteiger partial charge in [-0.2, -0.15) is 0 Å². The number of nitrogens with zero attached hydrogens (tertiary/aromatic N) is 4. The van der Waals surface area contributed by atoms with E-state index in [0.29, 0.717) is 28.2 Å². The van der Waals surface area contributed by atoms with Crippen LogP contribution in [0.1, 0.15) is 5.82 Å². The number of nitrogens with one attached hydrogen (secondary N) is 1. The average Bonchev–Trinajstić information content (AvgIpc) is 3.16. The molecule has 0 saturated carbocycles. The zero-order valence-electron chi connectivity index (χ0n) is 15.7. The van der Waals surface area contributed by atoms with Crippen molar-refractivity contribution in [1.29, 1.82) is 0 Å². The van der Waals surface area contributed by atoms with Crippen molar-refractivity contribution < 1.29 is 13.2 Å². The normalized spacial score (nSPS) is 11.3. The molecule has 0 aliphatic rings. The van der Waals surface area contributed by atoms with Crippen molar-refractivity contribution >= 4 is 27.3 Å². The molecule has 0 unspecified atom stereocenters. The summed E-state index contributed by atoms with van der Waals surface area (Å²) in [5.74, 6) is 2.22. The summed E-state index contributed by atoms with van der Waals surface area (Å²) in [5.41, 5.74) is 0.388. The molecule has 0 aliphatic heterocycles. The zero-order valence-corrected chi connectivity index (χ0v) is 17.3. The van der Waals surface area contributed by atoms with Crippen LogP contribution < -0.4 is 9.46 Å². The fourth-order valence-electron chi connectivity index (χ4n) is 2.68. The monoisotopic (exact) mass is 441 g/mol. The van der Waals surface area contributed by atoms with Gasteiger partial charge in [-0.25, -0.2) is 13.4 Å². The van der Waals surface area contributed by atoms with Crippen LogP contribution in [0.3, 0.4) is 0 Å². The number of hydrogen-bond acceptors (Lipinski definition) is 6. The van der Waals surface area contributed by atoms with Gasteiger partial charge in [0.05, 0.1) is 4.90 Å². The van der Waals surface area contributed by atoms with E-state index in [-0.39, 0.29) is 4.90 Å². The van der Waals surface area contributed by atoms with Crippen molar-refractivity contribution in [3.8, 4) is 17.4 Å². The van der Waals surface area contributed by atoms with Gasteiger partial charge in [0, 0.05) is 29.2 Å². The first-order chi connectivity index (χ1) is 14.4. The first-order valence-electron chi connectivity index (χ1n) is 8.81. The van der Waals surface area contributed by atoms with Gasteiger partial charge in [-0.05, 0) is 55.5 Å². The van der Waals surface area contributed by atoms with E-state index in [2.05, 4.69) is 19.9 Å². The van der Waals surface area contributed by atoms with Crippen molar-refractivity contribution in [2.24, 2.45) is 0 Å². The number of ether oxygens (including phenoxy) is 1. The summed E-state index contributed by atoms with van der Waals surface area (Å²) in [4.78, 5) is 4.23. The second-order valence-corrected chi connectivity index (χ2v) is 8.38. The highest BCUT2D eigenvalue weighted by Crippen LogP contribution is 2.24. The minimum absolute atomic E-state index is 0.0822. The number of aromatic nitrogens is 4. The van der Waals surface area contributed by atoms with E-state index in [1.165, 1.54) is 12.1 Å². The molecule has 0 amide bonds. The van der Waals surface area contributed by atoms with E-state index < -0.39 is 10.0 Å². The smallest absolute Gasteiger partial charge is 0.261 e. The third-order valence-electron chi connectivity index (χ3n) is 4.13. The molecule has 4 aromatic rings. The van der Waals surface area contributed by atoms with Crippen molar-refractivity contribution in [1.82, 2.24) is 19.7 Å². The Labute approximate surface area is 178 Å². The maximum Gasteiger partial charge on any atom is 0.261 e. The highest BCUT2D eigenvalue weighted by atomic mass is 35.5. The highest BCUT2D eigenvalue weighted by molar-refractivity contribution is 7.92. The second kappa shape index (κ2) is 8.13. The van der Waals surface area contributed by atoms with Gasteiger partial charge < -0.3 is 4.74 Å². The molecule has 0 bridgehead atoms. The highest BCUT2D eigenvalue weighted by Gasteiger charge is 2.14. The minimum Gasteiger partial charge on any atom is -0.438 e. The molecule has 1 N–H and O–H groups in total. The Balaban J connectivity index is 1.44. The summed E-state index contributed by atoms with van der Waals surface area (Å²) in [7, 11) is -3.74. The van der Waals surface area contributed by atoms with Crippen LogP contribution in [-0.4, -0.2) is 28.2 Å². The quantitative estimate of drug-likeness (QED) is 0.481. The van der Waals surface area contributed by atoms with Gasteiger partial charge in [0.15, 0.2) is 5.82 Å². The molecule has 152 valence electrons. The van der Waals surface area contributed by atoms with Gasteiger partial charge in [0.25, 0.3) is 10.0 Å². The van der Waals surface area contributed by atoms with E-state index in [1.54, 1.807) is 65.5 Å². The summed E-state index contributed by atoms with van der Waals surface area (Å²) in [6, 6.07) is 15.9. The molecule has 30 heavy (non-hydrogen) atoms. The van der Waals surface area contributed by atoms with Crippen LogP contribution in [-0.2, 0) is 10.0 Å². The SMILES string of the molecule is Cc1nccn1-c1ccc(Oc2ccc(NS(=O)(=O)c3cccc(Cl)c3)cc2)nn1. The topological polar surface area (TPSA) is 99.0 Å². The molecule has 0 atom stereocenters. The Hall–Kier alpha value is -3.43. The Bertz CT molecular complexity index is 1270. The van der Waals surface area contributed by atoms with Gasteiger partial charge >= 0.3 is 0 Å². The van der Waals surface area contributed by atoms with Crippen LogP contribution in [0.4, 0.5) is 5.69 Å². The Morgan fingerprint density at radius 3 is 2.47 bits per heavy atom. The molecule has 0 spiro atoms. The summed E-state index contributed by atoms with van der Waals surface area (Å²) in [6.07, 6.45) is 3.48. The average molecular weight is 442 g/mol. The van der Waals surface area contributed by atoms with Gasteiger partial charge in [-0.15, -0.1) is 10.2 Å². The Morgan fingerprint density at radius 1 is 1.03 bits per heavy atom. The number of imidazole rings is 1. The number of benzene rings is 2. The summed E-state index contributed by atoms with van der Waals surface area (Å²) >= 11 is 5.87. The van der Waals surface area contributed by atoms with Crippen molar-refractivity contribution in [3.63, 3.8) is 0 Å². The van der Waals surface area contributed by atoms with Crippen LogP contribution in [0.15, 0.2) is 78.0 Å². The van der Waals surface area contributed by atoms with E-state index in [9.17, 15) is 8.42 Å². The predicted molar refractivity (Wildman–Crippen MR) is 113 cm³/mol. The van der Waals surface area contributed by atoms with Crippen molar-refractivity contribution in [2.45, 2.75) is 11.8 Å². The number of aryl methyl sites for hydroxylation is 1. The molecular weight excluding hydrogens is 426 g/mol. The summed E-state index contributed by atoms with van der Waals surface area (Å²) in [6.45, 7) is 1.87.